The van der Waals surface area contributed by atoms with Gasteiger partial charge in [0.05, 0.1) is 10.2 Å². The Kier molecular flexibility index (Phi) is 2.70. The summed E-state index contributed by atoms with van der Waals surface area (Å²) in [6, 6.07) is 4.30. The van der Waals surface area contributed by atoms with Crippen LogP contribution in [0.3, 0.4) is 0 Å². The highest BCUT2D eigenvalue weighted by atomic mass is 32.1. The van der Waals surface area contributed by atoms with E-state index in [-0.39, 0.29) is 10.8 Å². The molecule has 1 heterocycles. The molecular weight excluding hydrogens is 255 g/mol. The summed E-state index contributed by atoms with van der Waals surface area (Å²) in [6.07, 6.45) is -4.22. The van der Waals surface area contributed by atoms with Crippen LogP contribution >= 0.6 is 11.3 Å². The number of phenols is 1. The van der Waals surface area contributed by atoms with Crippen LogP contribution in [0.5, 0.6) is 5.75 Å². The maximum Gasteiger partial charge on any atom is 0.448 e. The molecule has 0 atom stereocenters. The fraction of sp³-hybridized carbons (Fsp3) is 0.100. The standard InChI is InChI=1S/C10H6F3NO2S/c11-10(12,13)8(16)4-9-14-6-3-5(15)1-2-7(6)17-9/h1-4,15-16H. The summed E-state index contributed by atoms with van der Waals surface area (Å²) >= 11 is 0.992. The van der Waals surface area contributed by atoms with Gasteiger partial charge in [-0.25, -0.2) is 4.98 Å². The first kappa shape index (κ1) is 11.7. The first-order valence-corrected chi connectivity index (χ1v) is 5.25. The number of nitrogens with zero attached hydrogens (tertiary/aromatic N) is 1. The van der Waals surface area contributed by atoms with E-state index in [1.807, 2.05) is 0 Å². The van der Waals surface area contributed by atoms with E-state index < -0.39 is 11.9 Å². The van der Waals surface area contributed by atoms with Crippen LogP contribution in [0.4, 0.5) is 13.2 Å². The molecule has 3 nitrogen and oxygen atoms in total. The molecule has 0 radical (unpaired) electrons. The van der Waals surface area contributed by atoms with Gasteiger partial charge in [0.25, 0.3) is 0 Å². The number of thiazole rings is 1. The number of allylic oxidation sites excluding steroid dienone is 1. The molecule has 2 N–H and O–H groups in total. The van der Waals surface area contributed by atoms with E-state index in [2.05, 4.69) is 4.98 Å². The molecule has 90 valence electrons. The number of benzene rings is 1. The number of hydrogen-bond acceptors (Lipinski definition) is 4. The van der Waals surface area contributed by atoms with Gasteiger partial charge in [0.1, 0.15) is 10.8 Å². The van der Waals surface area contributed by atoms with Crippen LogP contribution in [0.1, 0.15) is 5.01 Å². The van der Waals surface area contributed by atoms with Gasteiger partial charge in [-0.2, -0.15) is 13.2 Å². The third kappa shape index (κ3) is 2.50. The van der Waals surface area contributed by atoms with Crippen LogP contribution in [-0.2, 0) is 0 Å². The molecule has 0 bridgehead atoms. The number of aromatic nitrogens is 1. The molecule has 0 aliphatic rings. The summed E-state index contributed by atoms with van der Waals surface area (Å²) in [4.78, 5) is 3.85. The minimum Gasteiger partial charge on any atom is -0.508 e. The second kappa shape index (κ2) is 3.92. The lowest BCUT2D eigenvalue weighted by atomic mass is 10.3. The van der Waals surface area contributed by atoms with Crippen LogP contribution < -0.4 is 0 Å². The number of phenolic OH excluding ortho intramolecular Hbond substituents is 1. The van der Waals surface area contributed by atoms with Crippen molar-refractivity contribution in [3.8, 4) is 5.75 Å². The molecule has 1 aromatic heterocycles. The number of alkyl halides is 3. The highest BCUT2D eigenvalue weighted by Gasteiger charge is 2.33. The summed E-state index contributed by atoms with van der Waals surface area (Å²) < 4.78 is 36.8. The molecule has 0 amide bonds. The van der Waals surface area contributed by atoms with Gasteiger partial charge >= 0.3 is 6.18 Å². The Bertz CT molecular complexity index is 589. The highest BCUT2D eigenvalue weighted by molar-refractivity contribution is 7.19. The molecule has 0 aliphatic carbocycles. The largest absolute Gasteiger partial charge is 0.508 e. The molecule has 0 unspecified atom stereocenters. The fourth-order valence-corrected chi connectivity index (χ4v) is 2.08. The van der Waals surface area contributed by atoms with E-state index in [1.54, 1.807) is 6.07 Å². The predicted molar refractivity (Wildman–Crippen MR) is 57.9 cm³/mol. The number of fused-ring (bicyclic) bond motifs is 1. The zero-order valence-corrected chi connectivity index (χ0v) is 9.01. The van der Waals surface area contributed by atoms with Gasteiger partial charge in [0, 0.05) is 12.1 Å². The maximum absolute atomic E-state index is 12.1. The van der Waals surface area contributed by atoms with E-state index >= 15 is 0 Å². The monoisotopic (exact) mass is 261 g/mol. The molecule has 0 saturated heterocycles. The topological polar surface area (TPSA) is 53.4 Å². The molecular formula is C10H6F3NO2S. The van der Waals surface area contributed by atoms with Gasteiger partial charge in [-0.3, -0.25) is 0 Å². The van der Waals surface area contributed by atoms with Crippen molar-refractivity contribution in [1.82, 2.24) is 4.98 Å². The number of hydrogen-bond donors (Lipinski definition) is 2. The summed E-state index contributed by atoms with van der Waals surface area (Å²) in [5.41, 5.74) is 0.385. The minimum absolute atomic E-state index is 0.0154. The zero-order valence-electron chi connectivity index (χ0n) is 8.19. The Labute approximate surface area is 97.5 Å². The normalized spacial score (nSPS) is 13.2. The van der Waals surface area contributed by atoms with Gasteiger partial charge in [-0.05, 0) is 12.1 Å². The van der Waals surface area contributed by atoms with Crippen molar-refractivity contribution in [2.75, 3.05) is 0 Å². The van der Waals surface area contributed by atoms with E-state index in [4.69, 9.17) is 5.11 Å². The highest BCUT2D eigenvalue weighted by Crippen LogP contribution is 2.29. The van der Waals surface area contributed by atoms with Crippen LogP contribution in [0.25, 0.3) is 16.3 Å². The predicted octanol–water partition coefficient (Wildman–Crippen LogP) is 3.46. The Morgan fingerprint density at radius 3 is 2.71 bits per heavy atom. The third-order valence-electron chi connectivity index (χ3n) is 1.94. The van der Waals surface area contributed by atoms with Crippen LogP contribution in [0, 0.1) is 0 Å². The molecule has 2 rings (SSSR count). The number of rotatable bonds is 1. The zero-order chi connectivity index (χ0) is 12.6. The molecule has 0 spiro atoms. The van der Waals surface area contributed by atoms with Crippen molar-refractivity contribution in [1.29, 1.82) is 0 Å². The van der Waals surface area contributed by atoms with Crippen LogP contribution in [-0.4, -0.2) is 21.4 Å². The lowest BCUT2D eigenvalue weighted by molar-refractivity contribution is -0.119. The molecule has 7 heteroatoms. The van der Waals surface area contributed by atoms with Crippen LogP contribution in [0.15, 0.2) is 24.0 Å². The van der Waals surface area contributed by atoms with Gasteiger partial charge in [-0.15, -0.1) is 11.3 Å². The van der Waals surface area contributed by atoms with Crippen molar-refractivity contribution < 1.29 is 23.4 Å². The van der Waals surface area contributed by atoms with E-state index in [1.165, 1.54) is 12.1 Å². The summed E-state index contributed by atoms with van der Waals surface area (Å²) in [6.45, 7) is 0. The SMILES string of the molecule is OC(=Cc1nc2cc(O)ccc2s1)C(F)(F)F. The molecule has 0 fully saturated rings. The number of aromatic hydroxyl groups is 1. The molecule has 0 saturated carbocycles. The first-order valence-electron chi connectivity index (χ1n) is 4.44. The fourth-order valence-electron chi connectivity index (χ4n) is 1.19. The van der Waals surface area contributed by atoms with E-state index in [9.17, 15) is 18.3 Å². The van der Waals surface area contributed by atoms with Gasteiger partial charge in [-0.1, -0.05) is 0 Å². The molecule has 17 heavy (non-hydrogen) atoms. The lowest BCUT2D eigenvalue weighted by Gasteiger charge is -2.02. The Hall–Kier alpha value is -1.76. The molecule has 1 aromatic carbocycles. The lowest BCUT2D eigenvalue weighted by Crippen LogP contribution is -2.10. The third-order valence-corrected chi connectivity index (χ3v) is 2.92. The minimum atomic E-state index is -4.78. The average Bonchev–Trinajstić information content (AvgIpc) is 2.57. The number of aliphatic hydroxyl groups excluding tert-OH is 1. The van der Waals surface area contributed by atoms with Crippen LogP contribution in [0.2, 0.25) is 0 Å². The molecule has 0 aliphatic heterocycles. The summed E-state index contributed by atoms with van der Waals surface area (Å²) in [7, 11) is 0. The van der Waals surface area contributed by atoms with Crippen molar-refractivity contribution in [2.24, 2.45) is 0 Å². The number of halogens is 3. The van der Waals surface area contributed by atoms with Gasteiger partial charge in [0.2, 0.25) is 5.76 Å². The first-order chi connectivity index (χ1) is 7.86. The second-order valence-electron chi connectivity index (χ2n) is 3.23. The Balaban J connectivity index is 2.44. The van der Waals surface area contributed by atoms with Crippen molar-refractivity contribution >= 4 is 27.6 Å². The van der Waals surface area contributed by atoms with Crippen molar-refractivity contribution in [3.05, 3.63) is 29.0 Å². The summed E-state index contributed by atoms with van der Waals surface area (Å²) in [5.74, 6) is -1.71. The smallest absolute Gasteiger partial charge is 0.448 e. The quantitative estimate of drug-likeness (QED) is 0.773. The number of aliphatic hydroxyl groups is 1. The van der Waals surface area contributed by atoms with Crippen molar-refractivity contribution in [2.45, 2.75) is 6.18 Å². The molecule has 2 aromatic rings. The van der Waals surface area contributed by atoms with E-state index in [0.717, 1.165) is 11.3 Å². The second-order valence-corrected chi connectivity index (χ2v) is 4.29. The Morgan fingerprint density at radius 1 is 1.35 bits per heavy atom. The van der Waals surface area contributed by atoms with E-state index in [0.29, 0.717) is 16.3 Å². The maximum atomic E-state index is 12.1. The summed E-state index contributed by atoms with van der Waals surface area (Å²) in [5, 5.41) is 18.0. The van der Waals surface area contributed by atoms with Gasteiger partial charge < -0.3 is 10.2 Å². The van der Waals surface area contributed by atoms with Gasteiger partial charge in [0.15, 0.2) is 0 Å². The average molecular weight is 261 g/mol. The Morgan fingerprint density at radius 2 is 2.06 bits per heavy atom. The van der Waals surface area contributed by atoms with Crippen molar-refractivity contribution in [3.63, 3.8) is 0 Å².